The van der Waals surface area contributed by atoms with E-state index in [2.05, 4.69) is 54.6 Å². The summed E-state index contributed by atoms with van der Waals surface area (Å²) in [6.07, 6.45) is 2.04. The maximum absolute atomic E-state index is 11.0. The number of hydrogen-bond acceptors (Lipinski definition) is 1. The topological polar surface area (TPSA) is 42.2 Å². The van der Waals surface area contributed by atoms with Gasteiger partial charge in [-0.15, -0.1) is 0 Å². The van der Waals surface area contributed by atoms with E-state index < -0.39 is 5.97 Å². The highest BCUT2D eigenvalue weighted by Gasteiger charge is 2.08. The summed E-state index contributed by atoms with van der Waals surface area (Å²) in [5.41, 5.74) is 2.46. The molecular weight excluding hydrogens is 398 g/mol. The first-order chi connectivity index (χ1) is 10.0. The quantitative estimate of drug-likeness (QED) is 0.668. The third-order valence-electron chi connectivity index (χ3n) is 3.38. The van der Waals surface area contributed by atoms with Gasteiger partial charge in [-0.05, 0) is 41.3 Å². The van der Waals surface area contributed by atoms with Crippen molar-refractivity contribution in [3.05, 3.63) is 68.7 Å². The molecule has 0 bridgehead atoms. The van der Waals surface area contributed by atoms with E-state index >= 15 is 0 Å². The molecule has 0 spiro atoms. The number of nitrogens with zero attached hydrogens (tertiary/aromatic N) is 1. The molecule has 0 aliphatic rings. The van der Waals surface area contributed by atoms with Gasteiger partial charge >= 0.3 is 5.97 Å². The van der Waals surface area contributed by atoms with Crippen molar-refractivity contribution in [3.63, 3.8) is 0 Å². The van der Waals surface area contributed by atoms with Gasteiger partial charge in [0.15, 0.2) is 0 Å². The van der Waals surface area contributed by atoms with Crippen LogP contribution < -0.4 is 0 Å². The molecule has 0 aliphatic heterocycles. The van der Waals surface area contributed by atoms with Crippen LogP contribution in [0.15, 0.2) is 57.6 Å². The number of carbonyl (C=O) groups is 1. The van der Waals surface area contributed by atoms with E-state index in [9.17, 15) is 4.79 Å². The normalized spacial score (nSPS) is 11.0. The highest BCUT2D eigenvalue weighted by Crippen LogP contribution is 2.24. The van der Waals surface area contributed by atoms with E-state index in [1.54, 1.807) is 12.1 Å². The Labute approximate surface area is 138 Å². The summed E-state index contributed by atoms with van der Waals surface area (Å²) >= 11 is 6.94. The fraction of sp³-hybridized carbons (Fsp3) is 0.0625. The lowest BCUT2D eigenvalue weighted by molar-refractivity contribution is 0.0697. The molecule has 5 heteroatoms. The molecule has 3 rings (SSSR count). The number of hydrogen-bond donors (Lipinski definition) is 1. The van der Waals surface area contributed by atoms with Gasteiger partial charge in [-0.25, -0.2) is 4.79 Å². The molecule has 0 aliphatic carbocycles. The van der Waals surface area contributed by atoms with Gasteiger partial charge < -0.3 is 9.67 Å². The highest BCUT2D eigenvalue weighted by molar-refractivity contribution is 9.10. The Kier molecular flexibility index (Phi) is 3.87. The van der Waals surface area contributed by atoms with Crippen molar-refractivity contribution in [2.45, 2.75) is 6.54 Å². The van der Waals surface area contributed by atoms with Gasteiger partial charge in [0.2, 0.25) is 0 Å². The lowest BCUT2D eigenvalue weighted by Crippen LogP contribution is -2.01. The van der Waals surface area contributed by atoms with Crippen LogP contribution >= 0.6 is 31.9 Å². The fourth-order valence-electron chi connectivity index (χ4n) is 2.29. The van der Waals surface area contributed by atoms with Gasteiger partial charge in [-0.1, -0.05) is 44.0 Å². The molecule has 21 heavy (non-hydrogen) atoms. The van der Waals surface area contributed by atoms with Crippen molar-refractivity contribution >= 4 is 48.7 Å². The molecule has 0 saturated heterocycles. The van der Waals surface area contributed by atoms with Gasteiger partial charge in [0, 0.05) is 27.2 Å². The molecule has 0 amide bonds. The number of carboxylic acid groups (broad SMARTS) is 1. The van der Waals surface area contributed by atoms with Crippen LogP contribution in [0.3, 0.4) is 0 Å². The van der Waals surface area contributed by atoms with Gasteiger partial charge in [-0.2, -0.15) is 0 Å². The second-order valence-corrected chi connectivity index (χ2v) is 6.53. The van der Waals surface area contributed by atoms with Crippen LogP contribution in [0.2, 0.25) is 0 Å². The van der Waals surface area contributed by atoms with Crippen molar-refractivity contribution < 1.29 is 9.90 Å². The van der Waals surface area contributed by atoms with Crippen LogP contribution in [0.4, 0.5) is 0 Å². The predicted molar refractivity (Wildman–Crippen MR) is 89.8 cm³/mol. The Balaban J connectivity index is 1.99. The average Bonchev–Trinajstić information content (AvgIpc) is 2.83. The Morgan fingerprint density at radius 1 is 1.10 bits per heavy atom. The minimum absolute atomic E-state index is 0.283. The second kappa shape index (κ2) is 5.66. The number of aromatic nitrogens is 1. The molecule has 1 aromatic heterocycles. The van der Waals surface area contributed by atoms with Crippen molar-refractivity contribution in [1.82, 2.24) is 4.57 Å². The van der Waals surface area contributed by atoms with Crippen LogP contribution in [0.25, 0.3) is 10.9 Å². The second-order valence-electron chi connectivity index (χ2n) is 4.76. The summed E-state index contributed by atoms with van der Waals surface area (Å²) in [5.74, 6) is -0.919. The van der Waals surface area contributed by atoms with Crippen LogP contribution in [0.5, 0.6) is 0 Å². The zero-order valence-electron chi connectivity index (χ0n) is 10.9. The smallest absolute Gasteiger partial charge is 0.335 e. The number of halogens is 2. The molecule has 3 aromatic rings. The zero-order chi connectivity index (χ0) is 15.0. The van der Waals surface area contributed by atoms with E-state index in [0.29, 0.717) is 6.54 Å². The molecule has 2 aromatic carbocycles. The SMILES string of the molecule is O=C(O)c1ccc(Cn2ccc3ccc(Br)cc32)c(Br)c1. The molecule has 3 nitrogen and oxygen atoms in total. The predicted octanol–water partition coefficient (Wildman–Crippen LogP) is 4.91. The summed E-state index contributed by atoms with van der Waals surface area (Å²) in [7, 11) is 0. The molecule has 0 fully saturated rings. The third kappa shape index (κ3) is 2.89. The third-order valence-corrected chi connectivity index (χ3v) is 4.61. The molecular formula is C16H11Br2NO2. The number of aromatic carboxylic acids is 1. The van der Waals surface area contributed by atoms with E-state index in [1.807, 2.05) is 18.3 Å². The minimum Gasteiger partial charge on any atom is -0.478 e. The first-order valence-electron chi connectivity index (χ1n) is 6.31. The standard InChI is InChI=1S/C16H11Br2NO2/c17-13-4-3-10-5-6-19(15(10)8-13)9-12-2-1-11(16(20)21)7-14(12)18/h1-8H,9H2,(H,20,21). The van der Waals surface area contributed by atoms with Crippen LogP contribution in [-0.2, 0) is 6.54 Å². The number of carboxylic acids is 1. The van der Waals surface area contributed by atoms with E-state index in [1.165, 1.54) is 5.39 Å². The maximum atomic E-state index is 11.0. The van der Waals surface area contributed by atoms with Gasteiger partial charge in [0.25, 0.3) is 0 Å². The van der Waals surface area contributed by atoms with Crippen molar-refractivity contribution in [1.29, 1.82) is 0 Å². The van der Waals surface area contributed by atoms with Crippen LogP contribution in [0, 0.1) is 0 Å². The molecule has 1 heterocycles. The Hall–Kier alpha value is -1.59. The summed E-state index contributed by atoms with van der Waals surface area (Å²) in [6.45, 7) is 0.681. The number of fused-ring (bicyclic) bond motifs is 1. The summed E-state index contributed by atoms with van der Waals surface area (Å²) in [5, 5.41) is 10.2. The van der Waals surface area contributed by atoms with E-state index in [-0.39, 0.29) is 5.56 Å². The molecule has 1 N–H and O–H groups in total. The first kappa shape index (κ1) is 14.4. The van der Waals surface area contributed by atoms with Crippen molar-refractivity contribution in [2.24, 2.45) is 0 Å². The van der Waals surface area contributed by atoms with E-state index in [0.717, 1.165) is 20.0 Å². The zero-order valence-corrected chi connectivity index (χ0v) is 14.1. The Bertz CT molecular complexity index is 839. The first-order valence-corrected chi connectivity index (χ1v) is 7.89. The van der Waals surface area contributed by atoms with Gasteiger partial charge in [0.05, 0.1) is 5.56 Å². The van der Waals surface area contributed by atoms with Crippen molar-refractivity contribution in [3.8, 4) is 0 Å². The number of rotatable bonds is 3. The molecule has 0 radical (unpaired) electrons. The lowest BCUT2D eigenvalue weighted by atomic mass is 10.1. The van der Waals surface area contributed by atoms with Gasteiger partial charge in [-0.3, -0.25) is 0 Å². The van der Waals surface area contributed by atoms with E-state index in [4.69, 9.17) is 5.11 Å². The van der Waals surface area contributed by atoms with Crippen LogP contribution in [-0.4, -0.2) is 15.6 Å². The molecule has 0 unspecified atom stereocenters. The summed E-state index contributed by atoms with van der Waals surface area (Å²) < 4.78 is 3.98. The summed E-state index contributed by atoms with van der Waals surface area (Å²) in [4.78, 5) is 11.0. The molecule has 0 saturated carbocycles. The largest absolute Gasteiger partial charge is 0.478 e. The van der Waals surface area contributed by atoms with Crippen molar-refractivity contribution in [2.75, 3.05) is 0 Å². The fourth-order valence-corrected chi connectivity index (χ4v) is 3.14. The summed E-state index contributed by atoms with van der Waals surface area (Å²) in [6, 6.07) is 13.3. The highest BCUT2D eigenvalue weighted by atomic mass is 79.9. The molecule has 0 atom stereocenters. The lowest BCUT2D eigenvalue weighted by Gasteiger charge is -2.09. The average molecular weight is 409 g/mol. The van der Waals surface area contributed by atoms with Crippen LogP contribution in [0.1, 0.15) is 15.9 Å². The Morgan fingerprint density at radius 2 is 1.90 bits per heavy atom. The molecule has 106 valence electrons. The number of benzene rings is 2. The Morgan fingerprint density at radius 3 is 2.62 bits per heavy atom. The maximum Gasteiger partial charge on any atom is 0.335 e. The van der Waals surface area contributed by atoms with Gasteiger partial charge in [0.1, 0.15) is 0 Å². The monoisotopic (exact) mass is 407 g/mol. The minimum atomic E-state index is -0.919.